The van der Waals surface area contributed by atoms with Crippen LogP contribution in [-0.2, 0) is 47.6 Å². The molecule has 0 aliphatic carbocycles. The van der Waals surface area contributed by atoms with Crippen molar-refractivity contribution in [3.63, 3.8) is 0 Å². The predicted octanol–water partition coefficient (Wildman–Crippen LogP) is 14.0. The Hall–Kier alpha value is -2.20. The van der Waals surface area contributed by atoms with Crippen LogP contribution in [0.1, 0.15) is 259 Å². The highest BCUT2D eigenvalue weighted by Gasteiger charge is 2.27. The minimum atomic E-state index is -0.225. The molecular weight excluding hydrogens is 785 g/mol. The highest BCUT2D eigenvalue weighted by Crippen LogP contribution is 2.24. The minimum absolute atomic E-state index is 0.0710. The van der Waals surface area contributed by atoms with Gasteiger partial charge in [0.05, 0.1) is 26.4 Å². The Morgan fingerprint density at radius 2 is 0.548 bits per heavy atom. The van der Waals surface area contributed by atoms with Gasteiger partial charge in [0.15, 0.2) is 0 Å². The van der Waals surface area contributed by atoms with Crippen LogP contribution in [0.4, 0.5) is 0 Å². The molecule has 0 aliphatic rings. The van der Waals surface area contributed by atoms with Gasteiger partial charge in [-0.15, -0.1) is 0 Å². The van der Waals surface area contributed by atoms with Gasteiger partial charge in [0, 0.05) is 38.9 Å². The van der Waals surface area contributed by atoms with Crippen molar-refractivity contribution in [1.82, 2.24) is 0 Å². The number of methoxy groups -OCH3 is 2. The lowest BCUT2D eigenvalue weighted by Crippen LogP contribution is -2.34. The van der Waals surface area contributed by atoms with Gasteiger partial charge in [0.2, 0.25) is 0 Å². The maximum atomic E-state index is 13.1. The van der Waals surface area contributed by atoms with Gasteiger partial charge in [-0.3, -0.25) is 19.2 Å². The largest absolute Gasteiger partial charge is 0.469 e. The van der Waals surface area contributed by atoms with Gasteiger partial charge in [-0.2, -0.15) is 0 Å². The number of ether oxygens (including phenoxy) is 6. The van der Waals surface area contributed by atoms with E-state index < -0.39 is 0 Å². The predicted molar refractivity (Wildman–Crippen MR) is 252 cm³/mol. The summed E-state index contributed by atoms with van der Waals surface area (Å²) in [5.41, 5.74) is 0. The molecule has 0 aliphatic heterocycles. The summed E-state index contributed by atoms with van der Waals surface area (Å²) >= 11 is 0. The van der Waals surface area contributed by atoms with Gasteiger partial charge in [0.25, 0.3) is 0 Å². The number of carbonyl (C=O) groups excluding carboxylic acids is 4. The van der Waals surface area contributed by atoms with Crippen LogP contribution in [0.5, 0.6) is 0 Å². The van der Waals surface area contributed by atoms with Crippen molar-refractivity contribution in [2.24, 2.45) is 0 Å². The molecule has 0 aromatic heterocycles. The summed E-state index contributed by atoms with van der Waals surface area (Å²) in [6.07, 6.45) is 34.6. The quantitative estimate of drug-likeness (QED) is 0.0331. The summed E-state index contributed by atoms with van der Waals surface area (Å²) in [5, 5.41) is 0. The van der Waals surface area contributed by atoms with Gasteiger partial charge in [-0.1, -0.05) is 155 Å². The molecule has 0 radical (unpaired) electrons. The molecular formula is C52H98O10. The fourth-order valence-electron chi connectivity index (χ4n) is 8.27. The molecule has 0 N–H and O–H groups in total. The van der Waals surface area contributed by atoms with Crippen LogP contribution >= 0.6 is 0 Å². The van der Waals surface area contributed by atoms with Gasteiger partial charge < -0.3 is 28.4 Å². The van der Waals surface area contributed by atoms with Crippen molar-refractivity contribution < 1.29 is 47.6 Å². The van der Waals surface area contributed by atoms with Gasteiger partial charge in [-0.05, 0) is 78.1 Å². The third kappa shape index (κ3) is 37.2. The molecule has 10 nitrogen and oxygen atoms in total. The van der Waals surface area contributed by atoms with Crippen LogP contribution in [0.15, 0.2) is 0 Å². The van der Waals surface area contributed by atoms with Crippen LogP contribution in [-0.4, -0.2) is 75.7 Å². The molecule has 0 heterocycles. The first-order chi connectivity index (χ1) is 30.3. The molecule has 0 aromatic rings. The monoisotopic (exact) mass is 883 g/mol. The van der Waals surface area contributed by atoms with Crippen LogP contribution in [0.25, 0.3) is 0 Å². The van der Waals surface area contributed by atoms with E-state index in [1.54, 1.807) is 0 Å². The van der Waals surface area contributed by atoms with Gasteiger partial charge >= 0.3 is 23.9 Å². The lowest BCUT2D eigenvalue weighted by Gasteiger charge is -2.27. The Balaban J connectivity index is 4.84. The molecule has 0 spiro atoms. The zero-order valence-electron chi connectivity index (χ0n) is 41.3. The van der Waals surface area contributed by atoms with E-state index in [1.165, 1.54) is 72.0 Å². The number of unbranched alkanes of at least 4 members (excludes halogenated alkanes) is 23. The van der Waals surface area contributed by atoms with E-state index in [9.17, 15) is 19.2 Å². The van der Waals surface area contributed by atoms with Crippen LogP contribution in [0.2, 0.25) is 0 Å². The molecule has 0 rings (SSSR count). The minimum Gasteiger partial charge on any atom is -0.469 e. The normalized spacial score (nSPS) is 13.3. The second kappa shape index (κ2) is 45.4. The number of carbonyl (C=O) groups is 4. The lowest BCUT2D eigenvalue weighted by atomic mass is 9.99. The van der Waals surface area contributed by atoms with Crippen LogP contribution in [0.3, 0.4) is 0 Å². The summed E-state index contributed by atoms with van der Waals surface area (Å²) < 4.78 is 34.2. The Kier molecular flexibility index (Phi) is 43.8. The van der Waals surface area contributed by atoms with E-state index in [0.717, 1.165) is 148 Å². The van der Waals surface area contributed by atoms with Crippen LogP contribution < -0.4 is 0 Å². The first-order valence-corrected chi connectivity index (χ1v) is 26.0. The van der Waals surface area contributed by atoms with Crippen molar-refractivity contribution >= 4 is 23.9 Å². The summed E-state index contributed by atoms with van der Waals surface area (Å²) in [4.78, 5) is 49.1. The zero-order valence-corrected chi connectivity index (χ0v) is 41.3. The summed E-state index contributed by atoms with van der Waals surface area (Å²) in [6.45, 7) is 9.71. The third-order valence-electron chi connectivity index (χ3n) is 12.0. The van der Waals surface area contributed by atoms with Gasteiger partial charge in [-0.25, -0.2) is 0 Å². The number of esters is 4. The molecule has 4 atom stereocenters. The van der Waals surface area contributed by atoms with Crippen molar-refractivity contribution in [3.05, 3.63) is 0 Å². The molecule has 0 saturated carbocycles. The Bertz CT molecular complexity index is 1040. The second-order valence-electron chi connectivity index (χ2n) is 17.5. The topological polar surface area (TPSA) is 124 Å². The molecule has 62 heavy (non-hydrogen) atoms. The highest BCUT2D eigenvalue weighted by molar-refractivity contribution is 5.70. The summed E-state index contributed by atoms with van der Waals surface area (Å²) in [5.74, 6) is -0.537. The number of hydrogen-bond acceptors (Lipinski definition) is 10. The molecule has 4 unspecified atom stereocenters. The molecule has 0 aromatic carbocycles. The van der Waals surface area contributed by atoms with E-state index >= 15 is 0 Å². The molecule has 0 amide bonds. The first kappa shape index (κ1) is 59.8. The molecule has 0 fully saturated rings. The molecule has 366 valence electrons. The van der Waals surface area contributed by atoms with Crippen molar-refractivity contribution in [2.45, 2.75) is 283 Å². The smallest absolute Gasteiger partial charge is 0.306 e. The van der Waals surface area contributed by atoms with E-state index in [-0.39, 0.29) is 48.3 Å². The maximum Gasteiger partial charge on any atom is 0.306 e. The van der Waals surface area contributed by atoms with E-state index in [1.807, 2.05) is 13.8 Å². The van der Waals surface area contributed by atoms with E-state index in [0.29, 0.717) is 38.9 Å². The number of rotatable bonds is 47. The first-order valence-electron chi connectivity index (χ1n) is 26.0. The average Bonchev–Trinajstić information content (AvgIpc) is 3.27. The average molecular weight is 883 g/mol. The Morgan fingerprint density at radius 3 is 0.823 bits per heavy atom. The number of hydrogen-bond donors (Lipinski definition) is 0. The summed E-state index contributed by atoms with van der Waals surface area (Å²) in [7, 11) is 2.87. The summed E-state index contributed by atoms with van der Waals surface area (Å²) in [6, 6.07) is 0. The second-order valence-corrected chi connectivity index (χ2v) is 17.5. The molecule has 0 saturated heterocycles. The zero-order chi connectivity index (χ0) is 45.7. The van der Waals surface area contributed by atoms with Crippen molar-refractivity contribution in [1.29, 1.82) is 0 Å². The van der Waals surface area contributed by atoms with Crippen molar-refractivity contribution in [2.75, 3.05) is 27.4 Å². The SMILES string of the molecule is CCCCCCCCC(OCC)C(CCCCCCCC(=O)OC)OC(=O)CCCCCCCCC(=O)OC(CCCCCCCC)C(CCCCCCCC(=O)OC)OCC. The van der Waals surface area contributed by atoms with Crippen molar-refractivity contribution in [3.8, 4) is 0 Å². The van der Waals surface area contributed by atoms with E-state index in [2.05, 4.69) is 13.8 Å². The fourth-order valence-corrected chi connectivity index (χ4v) is 8.27. The third-order valence-corrected chi connectivity index (χ3v) is 12.0. The van der Waals surface area contributed by atoms with Crippen LogP contribution in [0, 0.1) is 0 Å². The highest BCUT2D eigenvalue weighted by atomic mass is 16.6. The van der Waals surface area contributed by atoms with E-state index in [4.69, 9.17) is 28.4 Å². The van der Waals surface area contributed by atoms with Gasteiger partial charge in [0.1, 0.15) is 12.2 Å². The lowest BCUT2D eigenvalue weighted by molar-refractivity contribution is -0.159. The Labute approximate surface area is 381 Å². The Morgan fingerprint density at radius 1 is 0.306 bits per heavy atom. The standard InChI is InChI=1S/C52H98O10/c1-7-11-13-15-21-29-37-45(59-9-3)48(40-32-24-20-28-34-42-50(54)58-6)62-52(56)44-36-26-18-17-25-35-43-51(55)61-47(39-31-22-16-14-12-8-2)46(60-10-4)38-30-23-19-27-33-41-49(53)57-5/h45-48H,7-44H2,1-6H3. The fraction of sp³-hybridized carbons (Fsp3) is 0.923. The molecule has 10 heteroatoms. The molecule has 0 bridgehead atoms. The maximum absolute atomic E-state index is 13.1.